The predicted octanol–water partition coefficient (Wildman–Crippen LogP) is -2.83. The van der Waals surface area contributed by atoms with E-state index >= 15 is 0 Å². The van der Waals surface area contributed by atoms with E-state index in [0.29, 0.717) is 13.1 Å². The molecule has 1 heterocycles. The van der Waals surface area contributed by atoms with Crippen LogP contribution in [0.2, 0.25) is 0 Å². The molecule has 1 fully saturated rings. The van der Waals surface area contributed by atoms with E-state index in [2.05, 4.69) is 21.5 Å². The first-order valence-corrected chi connectivity index (χ1v) is 5.76. The van der Waals surface area contributed by atoms with Gasteiger partial charge >= 0.3 is 0 Å². The fourth-order valence-corrected chi connectivity index (χ4v) is 1.74. The summed E-state index contributed by atoms with van der Waals surface area (Å²) in [6, 6.07) is -0.369. The Morgan fingerprint density at radius 2 is 2.06 bits per heavy atom. The molecule has 1 atom stereocenters. The summed E-state index contributed by atoms with van der Waals surface area (Å²) < 4.78 is 0. The van der Waals surface area contributed by atoms with Crippen molar-refractivity contribution in [1.29, 1.82) is 0 Å². The van der Waals surface area contributed by atoms with E-state index in [1.54, 1.807) is 11.9 Å². The molecule has 18 heavy (non-hydrogen) atoms. The maximum atomic E-state index is 11.6. The minimum Gasteiger partial charge on any atom is -0.358 e. The number of likely N-dealkylation sites (N-methyl/N-ethyl adjacent to an activating group) is 1. The first-order valence-electron chi connectivity index (χ1n) is 5.76. The largest absolute Gasteiger partial charge is 0.358 e. The zero-order valence-electron chi connectivity index (χ0n) is 10.6. The van der Waals surface area contributed by atoms with Gasteiger partial charge in [-0.1, -0.05) is 0 Å². The zero-order valence-corrected chi connectivity index (χ0v) is 10.6. The maximum absolute atomic E-state index is 11.6. The Hall–Kier alpha value is -1.67. The van der Waals surface area contributed by atoms with Crippen molar-refractivity contribution >= 4 is 17.7 Å². The topological polar surface area (TPSA) is 103 Å². The van der Waals surface area contributed by atoms with Crippen molar-refractivity contribution in [3.05, 3.63) is 0 Å². The second-order valence-electron chi connectivity index (χ2n) is 4.03. The summed E-state index contributed by atoms with van der Waals surface area (Å²) in [4.78, 5) is 35.6. The molecule has 1 rings (SSSR count). The van der Waals surface area contributed by atoms with Crippen LogP contribution in [-0.2, 0) is 14.4 Å². The minimum absolute atomic E-state index is 0.0695. The molecule has 0 aliphatic carbocycles. The van der Waals surface area contributed by atoms with Gasteiger partial charge in [0.2, 0.25) is 11.8 Å². The van der Waals surface area contributed by atoms with Crippen molar-refractivity contribution in [2.75, 3.05) is 33.2 Å². The number of carbonyl (C=O) groups excluding carboxylic acids is 3. The molecule has 1 saturated heterocycles. The van der Waals surface area contributed by atoms with Crippen LogP contribution in [0.1, 0.15) is 6.92 Å². The molecule has 0 bridgehead atoms. The summed E-state index contributed by atoms with van der Waals surface area (Å²) in [5, 5.41) is 5.67. The number of nitrogens with zero attached hydrogens (tertiary/aromatic N) is 1. The summed E-state index contributed by atoms with van der Waals surface area (Å²) in [7, 11) is 1.56. The summed E-state index contributed by atoms with van der Waals surface area (Å²) in [6.07, 6.45) is 0. The Morgan fingerprint density at radius 1 is 1.33 bits per heavy atom. The molecule has 0 radical (unpaired) electrons. The fourth-order valence-electron chi connectivity index (χ4n) is 1.74. The SMILES string of the molecule is CNC(=O)C1CNCCN1CC(=O)NNC(C)=O. The van der Waals surface area contributed by atoms with Crippen LogP contribution < -0.4 is 21.5 Å². The third-order valence-electron chi connectivity index (χ3n) is 2.63. The van der Waals surface area contributed by atoms with E-state index in [1.807, 2.05) is 0 Å². The van der Waals surface area contributed by atoms with Crippen molar-refractivity contribution in [1.82, 2.24) is 26.4 Å². The molecule has 0 aromatic carbocycles. The highest BCUT2D eigenvalue weighted by molar-refractivity contribution is 5.84. The number of hydrogen-bond acceptors (Lipinski definition) is 5. The van der Waals surface area contributed by atoms with Crippen molar-refractivity contribution in [2.24, 2.45) is 0 Å². The Bertz CT molecular complexity index is 333. The lowest BCUT2D eigenvalue weighted by atomic mass is 10.2. The first kappa shape index (κ1) is 14.4. The molecule has 1 aliphatic heterocycles. The highest BCUT2D eigenvalue weighted by atomic mass is 16.2. The van der Waals surface area contributed by atoms with Crippen LogP contribution in [0.15, 0.2) is 0 Å². The van der Waals surface area contributed by atoms with Gasteiger partial charge in [-0.05, 0) is 0 Å². The molecular weight excluding hydrogens is 238 g/mol. The maximum Gasteiger partial charge on any atom is 0.252 e. The third-order valence-corrected chi connectivity index (χ3v) is 2.63. The standard InChI is InChI=1S/C10H19N5O3/c1-7(16)13-14-9(17)6-15-4-3-12-5-8(15)10(18)11-2/h8,12H,3-6H2,1-2H3,(H,11,18)(H,13,16)(H,14,17). The van der Waals surface area contributed by atoms with E-state index in [4.69, 9.17) is 0 Å². The van der Waals surface area contributed by atoms with Gasteiger partial charge in [-0.15, -0.1) is 0 Å². The van der Waals surface area contributed by atoms with E-state index in [9.17, 15) is 14.4 Å². The normalized spacial score (nSPS) is 20.0. The van der Waals surface area contributed by atoms with Gasteiger partial charge in [0, 0.05) is 33.6 Å². The van der Waals surface area contributed by atoms with E-state index in [-0.39, 0.29) is 30.3 Å². The smallest absolute Gasteiger partial charge is 0.252 e. The van der Waals surface area contributed by atoms with Crippen LogP contribution in [0.3, 0.4) is 0 Å². The molecule has 8 nitrogen and oxygen atoms in total. The molecule has 0 aromatic heterocycles. The number of hydrazine groups is 1. The molecule has 0 saturated carbocycles. The first-order chi connectivity index (χ1) is 8.54. The van der Waals surface area contributed by atoms with Gasteiger partial charge in [-0.25, -0.2) is 0 Å². The Labute approximate surface area is 105 Å². The van der Waals surface area contributed by atoms with Crippen molar-refractivity contribution in [2.45, 2.75) is 13.0 Å². The van der Waals surface area contributed by atoms with Crippen LogP contribution in [0.25, 0.3) is 0 Å². The van der Waals surface area contributed by atoms with E-state index in [1.165, 1.54) is 6.92 Å². The van der Waals surface area contributed by atoms with Crippen molar-refractivity contribution in [3.8, 4) is 0 Å². The van der Waals surface area contributed by atoms with Gasteiger partial charge in [0.25, 0.3) is 5.91 Å². The molecule has 1 unspecified atom stereocenters. The lowest BCUT2D eigenvalue weighted by Crippen LogP contribution is -2.59. The zero-order chi connectivity index (χ0) is 13.5. The second kappa shape index (κ2) is 6.92. The summed E-state index contributed by atoms with van der Waals surface area (Å²) in [6.45, 7) is 3.21. The van der Waals surface area contributed by atoms with E-state index in [0.717, 1.165) is 6.54 Å². The van der Waals surface area contributed by atoms with Crippen LogP contribution in [0.5, 0.6) is 0 Å². The third kappa shape index (κ3) is 4.30. The van der Waals surface area contributed by atoms with Gasteiger partial charge in [-0.2, -0.15) is 0 Å². The number of nitrogens with one attached hydrogen (secondary N) is 4. The number of amides is 3. The van der Waals surface area contributed by atoms with E-state index < -0.39 is 0 Å². The van der Waals surface area contributed by atoms with Crippen molar-refractivity contribution < 1.29 is 14.4 Å². The number of rotatable bonds is 3. The van der Waals surface area contributed by atoms with Gasteiger partial charge < -0.3 is 10.6 Å². The lowest BCUT2D eigenvalue weighted by molar-refractivity contribution is -0.132. The van der Waals surface area contributed by atoms with Gasteiger partial charge in [-0.3, -0.25) is 30.1 Å². The highest BCUT2D eigenvalue weighted by Crippen LogP contribution is 2.02. The van der Waals surface area contributed by atoms with Crippen molar-refractivity contribution in [3.63, 3.8) is 0 Å². The van der Waals surface area contributed by atoms with Gasteiger partial charge in [0.05, 0.1) is 6.54 Å². The monoisotopic (exact) mass is 257 g/mol. The molecular formula is C10H19N5O3. The van der Waals surface area contributed by atoms with Crippen LogP contribution in [0, 0.1) is 0 Å². The second-order valence-corrected chi connectivity index (χ2v) is 4.03. The molecule has 8 heteroatoms. The van der Waals surface area contributed by atoms with Gasteiger partial charge in [0.15, 0.2) is 0 Å². The summed E-state index contributed by atoms with van der Waals surface area (Å²) >= 11 is 0. The van der Waals surface area contributed by atoms with Crippen LogP contribution >= 0.6 is 0 Å². The number of hydrogen-bond donors (Lipinski definition) is 4. The Kier molecular flexibility index (Phi) is 5.53. The minimum atomic E-state index is -0.369. The van der Waals surface area contributed by atoms with Crippen LogP contribution in [0.4, 0.5) is 0 Å². The molecule has 0 spiro atoms. The van der Waals surface area contributed by atoms with Crippen LogP contribution in [-0.4, -0.2) is 61.9 Å². The van der Waals surface area contributed by atoms with Gasteiger partial charge in [0.1, 0.15) is 6.04 Å². The molecule has 1 aliphatic rings. The predicted molar refractivity (Wildman–Crippen MR) is 64.3 cm³/mol. The Morgan fingerprint density at radius 3 is 2.67 bits per heavy atom. The molecule has 0 aromatic rings. The average molecular weight is 257 g/mol. The number of piperazine rings is 1. The Balaban J connectivity index is 2.48. The summed E-state index contributed by atoms with van der Waals surface area (Å²) in [5.74, 6) is -0.818. The molecule has 102 valence electrons. The fraction of sp³-hybridized carbons (Fsp3) is 0.700. The molecule has 3 amide bonds. The quantitative estimate of drug-likeness (QED) is 0.408. The number of carbonyl (C=O) groups is 3. The highest BCUT2D eigenvalue weighted by Gasteiger charge is 2.29. The average Bonchev–Trinajstić information content (AvgIpc) is 2.36. The molecule has 4 N–H and O–H groups in total. The summed E-state index contributed by atoms with van der Waals surface area (Å²) in [5.41, 5.74) is 4.49. The lowest BCUT2D eigenvalue weighted by Gasteiger charge is -2.34.